The fraction of sp³-hybridized carbons (Fsp3) is 0.694. The van der Waals surface area contributed by atoms with Crippen LogP contribution in [-0.4, -0.2) is 44.2 Å². The molecule has 0 aliphatic rings. The van der Waals surface area contributed by atoms with E-state index in [2.05, 4.69) is 85.8 Å². The maximum atomic E-state index is 12.8. The highest BCUT2D eigenvalue weighted by atomic mass is 16.5. The van der Waals surface area contributed by atoms with Crippen LogP contribution < -0.4 is 5.32 Å². The normalized spacial score (nSPS) is 13.5. The Kier molecular flexibility index (Phi) is 28.4. The van der Waals surface area contributed by atoms with E-state index >= 15 is 0 Å². The first-order valence-electron chi connectivity index (χ1n) is 16.4. The summed E-state index contributed by atoms with van der Waals surface area (Å²) in [4.78, 5) is 14.9. The highest BCUT2D eigenvalue weighted by Gasteiger charge is 2.18. The molecule has 0 aromatic rings. The predicted molar refractivity (Wildman–Crippen MR) is 177 cm³/mol. The molecular weight excluding hydrogens is 492 g/mol. The molecule has 0 rings (SSSR count). The van der Waals surface area contributed by atoms with Crippen molar-refractivity contribution >= 4 is 5.97 Å². The second-order valence-electron chi connectivity index (χ2n) is 11.0. The summed E-state index contributed by atoms with van der Waals surface area (Å²) >= 11 is 0. The number of nitrogens with one attached hydrogen (secondary N) is 1. The lowest BCUT2D eigenvalue weighted by Crippen LogP contribution is -2.22. The second-order valence-corrected chi connectivity index (χ2v) is 11.0. The summed E-state index contributed by atoms with van der Waals surface area (Å²) in [5.41, 5.74) is 1.30. The van der Waals surface area contributed by atoms with Crippen molar-refractivity contribution in [2.45, 2.75) is 136 Å². The van der Waals surface area contributed by atoms with Gasteiger partial charge in [-0.2, -0.15) is 0 Å². The van der Waals surface area contributed by atoms with Crippen LogP contribution in [0.4, 0.5) is 0 Å². The zero-order valence-corrected chi connectivity index (χ0v) is 27.0. The smallest absolute Gasteiger partial charge is 0.306 e. The molecule has 0 spiro atoms. The summed E-state index contributed by atoms with van der Waals surface area (Å²) in [6.07, 6.45) is 37.9. The zero-order chi connectivity index (χ0) is 29.5. The Balaban J connectivity index is 5.28. The summed E-state index contributed by atoms with van der Waals surface area (Å²) in [5, 5.41) is 3.38. The Hall–Kier alpha value is -2.07. The van der Waals surface area contributed by atoms with Gasteiger partial charge in [0, 0.05) is 13.0 Å². The molecule has 0 radical (unpaired) electrons. The van der Waals surface area contributed by atoms with Gasteiger partial charge >= 0.3 is 5.97 Å². The molecule has 4 heteroatoms. The van der Waals surface area contributed by atoms with Crippen LogP contribution in [0.2, 0.25) is 0 Å². The molecule has 0 bridgehead atoms. The summed E-state index contributed by atoms with van der Waals surface area (Å²) < 4.78 is 6.17. The van der Waals surface area contributed by atoms with Crippen molar-refractivity contribution in [3.05, 3.63) is 60.4 Å². The molecule has 1 atom stereocenters. The van der Waals surface area contributed by atoms with Crippen molar-refractivity contribution in [3.63, 3.8) is 0 Å². The molecule has 0 aliphatic heterocycles. The average Bonchev–Trinajstić information content (AvgIpc) is 2.93. The van der Waals surface area contributed by atoms with Crippen LogP contribution in [0.3, 0.4) is 0 Å². The third-order valence-corrected chi connectivity index (χ3v) is 6.80. The molecule has 0 aliphatic carbocycles. The monoisotopic (exact) mass is 556 g/mol. The Morgan fingerprint density at radius 3 is 2.15 bits per heavy atom. The number of hydrogen-bond donors (Lipinski definition) is 1. The lowest BCUT2D eigenvalue weighted by atomic mass is 9.97. The van der Waals surface area contributed by atoms with Gasteiger partial charge in [0.15, 0.2) is 0 Å². The fourth-order valence-electron chi connectivity index (χ4n) is 4.38. The molecule has 4 nitrogen and oxygen atoms in total. The van der Waals surface area contributed by atoms with Crippen LogP contribution in [0, 0.1) is 0 Å². The Morgan fingerprint density at radius 1 is 0.750 bits per heavy atom. The van der Waals surface area contributed by atoms with Crippen LogP contribution in [-0.2, 0) is 9.53 Å². The highest BCUT2D eigenvalue weighted by Crippen LogP contribution is 2.22. The average molecular weight is 557 g/mol. The molecule has 40 heavy (non-hydrogen) atoms. The van der Waals surface area contributed by atoms with Gasteiger partial charge in [-0.1, -0.05) is 81.7 Å². The molecular formula is C36H64N2O2. The fourth-order valence-corrected chi connectivity index (χ4v) is 4.38. The van der Waals surface area contributed by atoms with Gasteiger partial charge < -0.3 is 15.0 Å². The van der Waals surface area contributed by atoms with E-state index in [0.717, 1.165) is 83.7 Å². The first kappa shape index (κ1) is 37.9. The van der Waals surface area contributed by atoms with Gasteiger partial charge in [0.2, 0.25) is 0 Å². The maximum absolute atomic E-state index is 12.8. The lowest BCUT2D eigenvalue weighted by Gasteiger charge is -2.21. The van der Waals surface area contributed by atoms with E-state index in [4.69, 9.17) is 4.74 Å². The first-order chi connectivity index (χ1) is 19.5. The molecule has 230 valence electrons. The molecule has 0 aromatic carbocycles. The third kappa shape index (κ3) is 26.2. The van der Waals surface area contributed by atoms with Crippen molar-refractivity contribution in [1.29, 1.82) is 0 Å². The van der Waals surface area contributed by atoms with Gasteiger partial charge in [0.05, 0.1) is 0 Å². The topological polar surface area (TPSA) is 41.6 Å². The zero-order valence-electron chi connectivity index (χ0n) is 27.0. The van der Waals surface area contributed by atoms with Crippen molar-refractivity contribution in [2.24, 2.45) is 0 Å². The summed E-state index contributed by atoms with van der Waals surface area (Å²) in [7, 11) is 4.09. The van der Waals surface area contributed by atoms with Crippen molar-refractivity contribution in [3.8, 4) is 0 Å². The van der Waals surface area contributed by atoms with Crippen LogP contribution >= 0.6 is 0 Å². The number of allylic oxidation sites excluding steroid dienone is 8. The molecule has 1 unspecified atom stereocenters. The van der Waals surface area contributed by atoms with E-state index in [1.807, 2.05) is 14.1 Å². The number of esters is 1. The van der Waals surface area contributed by atoms with Crippen molar-refractivity contribution in [2.75, 3.05) is 27.2 Å². The molecule has 0 aromatic heterocycles. The largest absolute Gasteiger partial charge is 0.458 e. The predicted octanol–water partition coefficient (Wildman–Crippen LogP) is 9.85. The van der Waals surface area contributed by atoms with Crippen molar-refractivity contribution < 1.29 is 9.53 Å². The summed E-state index contributed by atoms with van der Waals surface area (Å²) in [6.45, 7) is 8.47. The number of ether oxygens (including phenoxy) is 1. The number of hydrogen-bond acceptors (Lipinski definition) is 4. The standard InChI is InChI=1S/C36H64N2O2/c1-6-9-12-14-16-18-19-22-27-34(28-23-21-25-32-37-31-11-8-3)35(29-24-20-17-15-13-10-7-2)40-36(39)30-26-33-38(4)5/h6,9,16-18,20,25,28,32,35,37H,7-8,10-15,19,21-24,26-27,29-31,33H2,1-5H3/b9-6+,18-16-,20-17-,32-25-,34-28+. The van der Waals surface area contributed by atoms with Crippen LogP contribution in [0.25, 0.3) is 0 Å². The van der Waals surface area contributed by atoms with Crippen LogP contribution in [0.1, 0.15) is 130 Å². The minimum atomic E-state index is -0.127. The van der Waals surface area contributed by atoms with E-state index in [1.54, 1.807) is 0 Å². The Morgan fingerprint density at radius 2 is 1.43 bits per heavy atom. The number of carbonyl (C=O) groups is 1. The third-order valence-electron chi connectivity index (χ3n) is 6.80. The van der Waals surface area contributed by atoms with Crippen molar-refractivity contribution in [1.82, 2.24) is 10.2 Å². The lowest BCUT2D eigenvalue weighted by molar-refractivity contribution is -0.147. The molecule has 1 N–H and O–H groups in total. The van der Waals surface area contributed by atoms with E-state index in [1.165, 1.54) is 37.7 Å². The quantitative estimate of drug-likeness (QED) is 0.0621. The molecule has 0 heterocycles. The van der Waals surface area contributed by atoms with Gasteiger partial charge in [-0.3, -0.25) is 4.79 Å². The molecule has 0 saturated carbocycles. The minimum Gasteiger partial charge on any atom is -0.458 e. The van der Waals surface area contributed by atoms with Gasteiger partial charge in [0.25, 0.3) is 0 Å². The van der Waals surface area contributed by atoms with E-state index < -0.39 is 0 Å². The second kappa shape index (κ2) is 29.9. The number of rotatable bonds is 27. The Bertz CT molecular complexity index is 718. The molecule has 0 amide bonds. The van der Waals surface area contributed by atoms with Gasteiger partial charge in [-0.15, -0.1) is 0 Å². The first-order valence-corrected chi connectivity index (χ1v) is 16.4. The SMILES string of the molecule is C/C=C/CC/C=C\CCC/C(=C\CC/C=C\NCCCC)C(CC/C=C\CCCCC)OC(=O)CCCN(C)C. The van der Waals surface area contributed by atoms with Gasteiger partial charge in [0.1, 0.15) is 6.10 Å². The summed E-state index contributed by atoms with van der Waals surface area (Å²) in [5.74, 6) is -0.0615. The van der Waals surface area contributed by atoms with E-state index in [9.17, 15) is 4.79 Å². The highest BCUT2D eigenvalue weighted by molar-refractivity contribution is 5.69. The van der Waals surface area contributed by atoms with E-state index in [-0.39, 0.29) is 12.1 Å². The number of carbonyl (C=O) groups excluding carboxylic acids is 1. The number of unbranched alkanes of at least 4 members (excludes halogenated alkanes) is 7. The summed E-state index contributed by atoms with van der Waals surface area (Å²) in [6, 6.07) is 0. The Labute approximate surface area is 249 Å². The van der Waals surface area contributed by atoms with Crippen LogP contribution in [0.15, 0.2) is 60.4 Å². The van der Waals surface area contributed by atoms with Gasteiger partial charge in [-0.05, 0) is 123 Å². The van der Waals surface area contributed by atoms with E-state index in [0.29, 0.717) is 6.42 Å². The number of nitrogens with zero attached hydrogens (tertiary/aromatic N) is 1. The molecule has 0 fully saturated rings. The van der Waals surface area contributed by atoms with Crippen LogP contribution in [0.5, 0.6) is 0 Å². The molecule has 0 saturated heterocycles. The minimum absolute atomic E-state index is 0.0615. The maximum Gasteiger partial charge on any atom is 0.306 e. The van der Waals surface area contributed by atoms with Gasteiger partial charge in [-0.25, -0.2) is 0 Å².